The zero-order chi connectivity index (χ0) is 13.1. The van der Waals surface area contributed by atoms with Crippen LogP contribution in [0.5, 0.6) is 0 Å². The fourth-order valence-corrected chi connectivity index (χ4v) is 1.93. The van der Waals surface area contributed by atoms with E-state index in [9.17, 15) is 0 Å². The van der Waals surface area contributed by atoms with Crippen molar-refractivity contribution in [3.8, 4) is 22.5 Å². The highest BCUT2D eigenvalue weighted by atomic mass is 15.6. The lowest BCUT2D eigenvalue weighted by Gasteiger charge is -2.00. The summed E-state index contributed by atoms with van der Waals surface area (Å²) >= 11 is 0. The summed E-state index contributed by atoms with van der Waals surface area (Å²) in [6.45, 7) is 0. The van der Waals surface area contributed by atoms with Crippen molar-refractivity contribution in [2.24, 2.45) is 0 Å². The predicted octanol–water partition coefficient (Wildman–Crippen LogP) is 1.81. The second kappa shape index (κ2) is 4.86. The molecule has 1 aromatic heterocycles. The van der Waals surface area contributed by atoms with Gasteiger partial charge in [-0.05, 0) is 0 Å². The van der Waals surface area contributed by atoms with Crippen LogP contribution >= 0.6 is 0 Å². The minimum Gasteiger partial charge on any atom is -0.154 e. The molecule has 0 aliphatic heterocycles. The van der Waals surface area contributed by atoms with Gasteiger partial charge in [-0.2, -0.15) is 5.84 Å². The molecule has 19 heavy (non-hydrogen) atoms. The first-order chi connectivity index (χ1) is 9.33. The molecule has 0 aliphatic rings. The molecule has 2 aromatic carbocycles. The SMILES string of the molecule is N[n+]1nc(-c2ccccc2)cc(-c2ccccc2)n1. The molecule has 0 atom stereocenters. The number of hydrogen-bond donors (Lipinski definition) is 1. The number of hydrogen-bond acceptors (Lipinski definition) is 3. The van der Waals surface area contributed by atoms with Gasteiger partial charge in [0.25, 0.3) is 0 Å². The molecule has 2 N–H and O–H groups in total. The highest BCUT2D eigenvalue weighted by molar-refractivity contribution is 5.66. The Morgan fingerprint density at radius 3 is 1.53 bits per heavy atom. The number of benzene rings is 2. The third-order valence-corrected chi connectivity index (χ3v) is 2.83. The van der Waals surface area contributed by atoms with Gasteiger partial charge in [-0.3, -0.25) is 0 Å². The van der Waals surface area contributed by atoms with Crippen molar-refractivity contribution in [3.63, 3.8) is 0 Å². The summed E-state index contributed by atoms with van der Waals surface area (Å²) in [4.78, 5) is 1.12. The molecule has 0 unspecified atom stereocenters. The number of rotatable bonds is 2. The summed E-state index contributed by atoms with van der Waals surface area (Å²) in [6, 6.07) is 21.8. The highest BCUT2D eigenvalue weighted by Crippen LogP contribution is 2.20. The average molecular weight is 249 g/mol. The Kier molecular flexibility index (Phi) is 2.90. The van der Waals surface area contributed by atoms with E-state index >= 15 is 0 Å². The summed E-state index contributed by atoms with van der Waals surface area (Å²) in [5.74, 6) is 5.73. The molecule has 0 bridgehead atoms. The lowest BCUT2D eigenvalue weighted by molar-refractivity contribution is -0.756. The van der Waals surface area contributed by atoms with Crippen LogP contribution in [0.1, 0.15) is 0 Å². The first-order valence-corrected chi connectivity index (χ1v) is 6.00. The van der Waals surface area contributed by atoms with Gasteiger partial charge < -0.3 is 0 Å². The maximum Gasteiger partial charge on any atom is 0.148 e. The van der Waals surface area contributed by atoms with Crippen molar-refractivity contribution in [3.05, 3.63) is 66.7 Å². The van der Waals surface area contributed by atoms with Crippen molar-refractivity contribution in [2.75, 3.05) is 5.84 Å². The Bertz CT molecular complexity index is 623. The summed E-state index contributed by atoms with van der Waals surface area (Å²) in [6.07, 6.45) is 0. The molecule has 0 saturated heterocycles. The van der Waals surface area contributed by atoms with E-state index in [-0.39, 0.29) is 0 Å². The normalized spacial score (nSPS) is 10.3. The molecule has 1 heterocycles. The Labute approximate surface area is 111 Å². The van der Waals surface area contributed by atoms with Crippen LogP contribution in [0.2, 0.25) is 0 Å². The number of nitrogen functional groups attached to an aromatic ring is 1. The van der Waals surface area contributed by atoms with E-state index < -0.39 is 0 Å². The minimum atomic E-state index is 0.803. The predicted molar refractivity (Wildman–Crippen MR) is 73.2 cm³/mol. The molecule has 0 spiro atoms. The Morgan fingerprint density at radius 2 is 1.11 bits per heavy atom. The van der Waals surface area contributed by atoms with Gasteiger partial charge >= 0.3 is 0 Å². The van der Waals surface area contributed by atoms with Crippen LogP contribution in [0.15, 0.2) is 66.7 Å². The lowest BCUT2D eigenvalue weighted by Crippen LogP contribution is -2.52. The smallest absolute Gasteiger partial charge is 0.148 e. The third-order valence-electron chi connectivity index (χ3n) is 2.83. The van der Waals surface area contributed by atoms with Crippen molar-refractivity contribution < 1.29 is 4.91 Å². The molecule has 4 nitrogen and oxygen atoms in total. The van der Waals surface area contributed by atoms with Crippen LogP contribution in [0.3, 0.4) is 0 Å². The lowest BCUT2D eigenvalue weighted by atomic mass is 10.1. The van der Waals surface area contributed by atoms with Crippen LogP contribution < -0.4 is 10.7 Å². The van der Waals surface area contributed by atoms with Gasteiger partial charge in [-0.25, -0.2) is 0 Å². The van der Waals surface area contributed by atoms with E-state index in [1.165, 1.54) is 0 Å². The average Bonchev–Trinajstić information content (AvgIpc) is 2.48. The van der Waals surface area contributed by atoms with Gasteiger partial charge in [-0.15, -0.1) is 0 Å². The number of aromatic nitrogens is 3. The molecular weight excluding hydrogens is 236 g/mol. The summed E-state index contributed by atoms with van der Waals surface area (Å²) in [5, 5.41) is 8.43. The van der Waals surface area contributed by atoms with Crippen LogP contribution in [0.4, 0.5) is 0 Å². The van der Waals surface area contributed by atoms with Crippen molar-refractivity contribution in [2.45, 2.75) is 0 Å². The van der Waals surface area contributed by atoms with E-state index in [0.717, 1.165) is 27.4 Å². The molecule has 0 saturated carbocycles. The number of nitrogens with zero attached hydrogens (tertiary/aromatic N) is 3. The molecule has 4 heteroatoms. The Morgan fingerprint density at radius 1 is 0.684 bits per heavy atom. The standard InChI is InChI=1S/C15H13N4/c16-19-17-14(12-7-3-1-4-8-12)11-15(18-19)13-9-5-2-6-10-13/h1-11H,(H2,16,17,18)/q+1. The maximum absolute atomic E-state index is 5.73. The Hall–Kier alpha value is -2.75. The first-order valence-electron chi connectivity index (χ1n) is 6.00. The molecular formula is C15H13N4+. The fourth-order valence-electron chi connectivity index (χ4n) is 1.93. The van der Waals surface area contributed by atoms with Crippen LogP contribution in [0, 0.1) is 0 Å². The van der Waals surface area contributed by atoms with Gasteiger partial charge in [0.05, 0.1) is 10.2 Å². The van der Waals surface area contributed by atoms with Gasteiger partial charge in [0.2, 0.25) is 0 Å². The second-order valence-corrected chi connectivity index (χ2v) is 4.17. The van der Waals surface area contributed by atoms with E-state index in [4.69, 9.17) is 5.84 Å². The molecule has 0 fully saturated rings. The van der Waals surface area contributed by atoms with Gasteiger partial charge in [-0.1, -0.05) is 60.7 Å². The van der Waals surface area contributed by atoms with Gasteiger partial charge in [0.1, 0.15) is 16.3 Å². The van der Waals surface area contributed by atoms with Crippen LogP contribution in [-0.4, -0.2) is 10.2 Å². The van der Waals surface area contributed by atoms with E-state index in [0.29, 0.717) is 0 Å². The first kappa shape index (κ1) is 11.3. The van der Waals surface area contributed by atoms with Crippen molar-refractivity contribution >= 4 is 0 Å². The largest absolute Gasteiger partial charge is 0.154 e. The maximum atomic E-state index is 5.73. The quantitative estimate of drug-likeness (QED) is 0.556. The Balaban J connectivity index is 2.12. The van der Waals surface area contributed by atoms with Crippen LogP contribution in [-0.2, 0) is 0 Å². The van der Waals surface area contributed by atoms with Gasteiger partial charge in [0.15, 0.2) is 0 Å². The van der Waals surface area contributed by atoms with E-state index in [1.807, 2.05) is 66.7 Å². The zero-order valence-corrected chi connectivity index (χ0v) is 10.3. The van der Waals surface area contributed by atoms with Crippen molar-refractivity contribution in [1.82, 2.24) is 10.2 Å². The zero-order valence-electron chi connectivity index (χ0n) is 10.3. The van der Waals surface area contributed by atoms with Crippen LogP contribution in [0.25, 0.3) is 22.5 Å². The van der Waals surface area contributed by atoms with E-state index in [2.05, 4.69) is 10.2 Å². The summed E-state index contributed by atoms with van der Waals surface area (Å²) in [7, 11) is 0. The fraction of sp³-hybridized carbons (Fsp3) is 0. The number of nitrogens with two attached hydrogens (primary N) is 1. The summed E-state index contributed by atoms with van der Waals surface area (Å²) in [5.41, 5.74) is 3.64. The molecule has 0 aliphatic carbocycles. The molecule has 92 valence electrons. The monoisotopic (exact) mass is 249 g/mol. The van der Waals surface area contributed by atoms with E-state index in [1.54, 1.807) is 0 Å². The third kappa shape index (κ3) is 2.42. The molecule has 3 aromatic rings. The summed E-state index contributed by atoms with van der Waals surface area (Å²) < 4.78 is 0. The second-order valence-electron chi connectivity index (χ2n) is 4.17. The van der Waals surface area contributed by atoms with Gasteiger partial charge in [0, 0.05) is 17.2 Å². The van der Waals surface area contributed by atoms with Crippen molar-refractivity contribution in [1.29, 1.82) is 0 Å². The molecule has 0 radical (unpaired) electrons. The topological polar surface area (TPSA) is 55.7 Å². The highest BCUT2D eigenvalue weighted by Gasteiger charge is 2.12. The molecule has 0 amide bonds. The minimum absolute atomic E-state index is 0.803. The molecule has 3 rings (SSSR count).